The number of aromatic nitrogens is 2. The molecular weight excluding hydrogens is 252 g/mol. The minimum absolute atomic E-state index is 0.199. The lowest BCUT2D eigenvalue weighted by atomic mass is 10.3. The van der Waals surface area contributed by atoms with E-state index < -0.39 is 4.92 Å². The van der Waals surface area contributed by atoms with Crippen LogP contribution in [0, 0.1) is 10.1 Å². The summed E-state index contributed by atoms with van der Waals surface area (Å²) in [5.41, 5.74) is 6.10. The van der Waals surface area contributed by atoms with Crippen LogP contribution in [-0.4, -0.2) is 21.2 Å². The number of nitrogens with two attached hydrogens (primary N) is 1. The van der Waals surface area contributed by atoms with Crippen molar-refractivity contribution in [1.29, 1.82) is 0 Å². The largest absolute Gasteiger partial charge is 0.404 e. The van der Waals surface area contributed by atoms with E-state index in [0.717, 1.165) is 5.57 Å². The predicted molar refractivity (Wildman–Crippen MR) is 54.8 cm³/mol. The second-order valence-electron chi connectivity index (χ2n) is 2.71. The van der Waals surface area contributed by atoms with Crippen LogP contribution in [0.15, 0.2) is 22.8 Å². The van der Waals surface area contributed by atoms with Crippen LogP contribution in [0.4, 0.5) is 5.82 Å². The SMILES string of the molecule is C=C(CN)Cn1cc(Br)c([N+](=O)[O-])n1. The van der Waals surface area contributed by atoms with Crippen LogP contribution >= 0.6 is 15.9 Å². The Morgan fingerprint density at radius 2 is 2.50 bits per heavy atom. The van der Waals surface area contributed by atoms with Gasteiger partial charge < -0.3 is 15.8 Å². The van der Waals surface area contributed by atoms with Gasteiger partial charge >= 0.3 is 5.82 Å². The van der Waals surface area contributed by atoms with Crippen molar-refractivity contribution in [3.05, 3.63) is 32.9 Å². The van der Waals surface area contributed by atoms with Gasteiger partial charge in [-0.3, -0.25) is 0 Å². The number of hydrogen-bond donors (Lipinski definition) is 1. The molecule has 0 fully saturated rings. The summed E-state index contributed by atoms with van der Waals surface area (Å²) < 4.78 is 1.78. The Kier molecular flexibility index (Phi) is 3.37. The Morgan fingerprint density at radius 1 is 1.86 bits per heavy atom. The van der Waals surface area contributed by atoms with Crippen molar-refractivity contribution in [3.63, 3.8) is 0 Å². The summed E-state index contributed by atoms with van der Waals surface area (Å²) in [6, 6.07) is 0. The Bertz CT molecular complexity index is 374. The van der Waals surface area contributed by atoms with Gasteiger partial charge in [-0.15, -0.1) is 0 Å². The lowest BCUT2D eigenvalue weighted by Crippen LogP contribution is -2.09. The van der Waals surface area contributed by atoms with Gasteiger partial charge in [-0.25, -0.2) is 0 Å². The zero-order valence-corrected chi connectivity index (χ0v) is 8.90. The highest BCUT2D eigenvalue weighted by molar-refractivity contribution is 9.10. The quantitative estimate of drug-likeness (QED) is 0.499. The molecule has 7 heteroatoms. The summed E-state index contributed by atoms with van der Waals surface area (Å²) in [4.78, 5) is 9.89. The average Bonchev–Trinajstić information content (AvgIpc) is 2.46. The first-order valence-corrected chi connectivity index (χ1v) is 4.58. The lowest BCUT2D eigenvalue weighted by molar-refractivity contribution is -0.390. The molecule has 0 aromatic carbocycles. The monoisotopic (exact) mass is 260 g/mol. The standard InChI is InChI=1S/C7H9BrN4O2/c1-5(2-9)3-11-4-6(8)7(10-11)12(13)14/h4H,1-3,9H2. The van der Waals surface area contributed by atoms with Gasteiger partial charge in [-0.1, -0.05) is 6.58 Å². The second-order valence-corrected chi connectivity index (χ2v) is 3.56. The molecular formula is C7H9BrN4O2. The van der Waals surface area contributed by atoms with Crippen molar-refractivity contribution in [1.82, 2.24) is 9.78 Å². The fraction of sp³-hybridized carbons (Fsp3) is 0.286. The zero-order valence-electron chi connectivity index (χ0n) is 7.31. The highest BCUT2D eigenvalue weighted by atomic mass is 79.9. The number of rotatable bonds is 4. The van der Waals surface area contributed by atoms with Crippen LogP contribution in [-0.2, 0) is 6.54 Å². The molecule has 14 heavy (non-hydrogen) atoms. The Hall–Kier alpha value is -1.21. The minimum Gasteiger partial charge on any atom is -0.358 e. The van der Waals surface area contributed by atoms with Crippen molar-refractivity contribution < 1.29 is 4.92 Å². The second kappa shape index (κ2) is 4.34. The van der Waals surface area contributed by atoms with Crippen molar-refractivity contribution in [3.8, 4) is 0 Å². The molecule has 0 unspecified atom stereocenters. The molecule has 0 bridgehead atoms. The van der Waals surface area contributed by atoms with Gasteiger partial charge in [0.1, 0.15) is 4.47 Å². The van der Waals surface area contributed by atoms with Crippen LogP contribution in [0.1, 0.15) is 0 Å². The molecule has 1 aromatic heterocycles. The third-order valence-electron chi connectivity index (χ3n) is 1.55. The third kappa shape index (κ3) is 2.39. The van der Waals surface area contributed by atoms with Gasteiger partial charge in [0, 0.05) is 6.54 Å². The summed E-state index contributed by atoms with van der Waals surface area (Å²) >= 11 is 3.04. The van der Waals surface area contributed by atoms with Crippen molar-refractivity contribution in [2.24, 2.45) is 5.73 Å². The molecule has 0 amide bonds. The molecule has 0 atom stereocenters. The van der Waals surface area contributed by atoms with E-state index in [4.69, 9.17) is 5.73 Å². The van der Waals surface area contributed by atoms with Gasteiger partial charge in [0.05, 0.1) is 17.8 Å². The van der Waals surface area contributed by atoms with Crippen LogP contribution in [0.25, 0.3) is 0 Å². The van der Waals surface area contributed by atoms with Crippen LogP contribution < -0.4 is 5.73 Å². The summed E-state index contributed by atoms with van der Waals surface area (Å²) in [5, 5.41) is 14.2. The number of nitrogens with zero attached hydrogens (tertiary/aromatic N) is 3. The number of nitro groups is 1. The van der Waals surface area contributed by atoms with E-state index in [0.29, 0.717) is 17.6 Å². The highest BCUT2D eigenvalue weighted by Crippen LogP contribution is 2.22. The predicted octanol–water partition coefficient (Wildman–Crippen LogP) is 1.07. The van der Waals surface area contributed by atoms with E-state index >= 15 is 0 Å². The molecule has 2 N–H and O–H groups in total. The zero-order chi connectivity index (χ0) is 10.7. The minimum atomic E-state index is -0.550. The molecule has 0 aliphatic heterocycles. The summed E-state index contributed by atoms with van der Waals surface area (Å²) in [6.45, 7) is 4.41. The van der Waals surface area contributed by atoms with E-state index in [9.17, 15) is 10.1 Å². The summed E-state index contributed by atoms with van der Waals surface area (Å²) in [7, 11) is 0. The molecule has 0 aliphatic carbocycles. The number of hydrogen-bond acceptors (Lipinski definition) is 4. The Morgan fingerprint density at radius 3 is 2.93 bits per heavy atom. The van der Waals surface area contributed by atoms with Gasteiger partial charge in [-0.2, -0.15) is 4.68 Å². The van der Waals surface area contributed by atoms with Gasteiger partial charge in [0.25, 0.3) is 0 Å². The maximum Gasteiger partial charge on any atom is 0.404 e. The maximum atomic E-state index is 10.4. The van der Waals surface area contributed by atoms with Gasteiger partial charge in [0.2, 0.25) is 0 Å². The van der Waals surface area contributed by atoms with Crippen LogP contribution in [0.3, 0.4) is 0 Å². The fourth-order valence-electron chi connectivity index (χ4n) is 0.885. The number of halogens is 1. The molecule has 0 saturated carbocycles. The molecule has 0 spiro atoms. The first-order chi connectivity index (χ1) is 6.54. The van der Waals surface area contributed by atoms with Crippen molar-refractivity contribution in [2.75, 3.05) is 6.54 Å². The highest BCUT2D eigenvalue weighted by Gasteiger charge is 2.18. The molecule has 1 rings (SSSR count). The van der Waals surface area contributed by atoms with E-state index in [-0.39, 0.29) is 5.82 Å². The van der Waals surface area contributed by atoms with Gasteiger partial charge in [-0.05, 0) is 26.4 Å². The normalized spacial score (nSPS) is 10.1. The maximum absolute atomic E-state index is 10.4. The smallest absolute Gasteiger partial charge is 0.358 e. The molecule has 6 nitrogen and oxygen atoms in total. The lowest BCUT2D eigenvalue weighted by Gasteiger charge is -1.97. The van der Waals surface area contributed by atoms with E-state index in [1.807, 2.05) is 0 Å². The third-order valence-corrected chi connectivity index (χ3v) is 2.11. The summed E-state index contributed by atoms with van der Waals surface area (Å²) in [5.74, 6) is -0.199. The van der Waals surface area contributed by atoms with Crippen LogP contribution in [0.5, 0.6) is 0 Å². The fourth-order valence-corrected chi connectivity index (χ4v) is 1.35. The first kappa shape index (κ1) is 10.9. The molecule has 1 heterocycles. The van der Waals surface area contributed by atoms with E-state index in [2.05, 4.69) is 27.6 Å². The first-order valence-electron chi connectivity index (χ1n) is 3.78. The Balaban J connectivity index is 2.86. The summed E-state index contributed by atoms with van der Waals surface area (Å²) in [6.07, 6.45) is 1.53. The van der Waals surface area contributed by atoms with Crippen molar-refractivity contribution in [2.45, 2.75) is 6.54 Å². The molecule has 0 saturated heterocycles. The van der Waals surface area contributed by atoms with Crippen LogP contribution in [0.2, 0.25) is 0 Å². The molecule has 0 aliphatic rings. The molecule has 0 radical (unpaired) electrons. The van der Waals surface area contributed by atoms with Crippen molar-refractivity contribution >= 4 is 21.7 Å². The van der Waals surface area contributed by atoms with E-state index in [1.54, 1.807) is 0 Å². The molecule has 1 aromatic rings. The Labute approximate surface area is 88.7 Å². The molecule has 76 valence electrons. The van der Waals surface area contributed by atoms with E-state index in [1.165, 1.54) is 10.9 Å². The average molecular weight is 261 g/mol. The van der Waals surface area contributed by atoms with Gasteiger partial charge in [0.15, 0.2) is 0 Å². The topological polar surface area (TPSA) is 87.0 Å².